The molecule has 0 saturated carbocycles. The molecule has 0 saturated heterocycles. The van der Waals surface area contributed by atoms with E-state index in [4.69, 9.17) is 0 Å². The van der Waals surface area contributed by atoms with Gasteiger partial charge in [0.05, 0.1) is 0 Å². The molecule has 2 nitrogen and oxygen atoms in total. The van der Waals surface area contributed by atoms with E-state index in [0.717, 1.165) is 10.2 Å². The molecule has 3 heteroatoms. The topological polar surface area (TPSA) is 17.8 Å². The number of hydrogen-bond acceptors (Lipinski definition) is 1. The highest BCUT2D eigenvalue weighted by Gasteiger charge is 2.31. The third-order valence-electron chi connectivity index (χ3n) is 4.15. The first kappa shape index (κ1) is 15.3. The van der Waals surface area contributed by atoms with E-state index in [-0.39, 0.29) is 11.3 Å². The van der Waals surface area contributed by atoms with Gasteiger partial charge in [-0.15, -0.1) is 0 Å². The predicted molar refractivity (Wildman–Crippen MR) is 96.2 cm³/mol. The highest BCUT2D eigenvalue weighted by Crippen LogP contribution is 2.43. The molecule has 1 unspecified atom stereocenters. The first-order valence-electron chi connectivity index (χ1n) is 7.53. The number of aromatic nitrogens is 2. The van der Waals surface area contributed by atoms with Gasteiger partial charge in [0.1, 0.15) is 0 Å². The fourth-order valence-corrected chi connectivity index (χ4v) is 3.47. The lowest BCUT2D eigenvalue weighted by Gasteiger charge is -2.30. The molecule has 0 bridgehead atoms. The lowest BCUT2D eigenvalue weighted by Crippen LogP contribution is -2.20. The third-order valence-corrected chi connectivity index (χ3v) is 4.62. The summed E-state index contributed by atoms with van der Waals surface area (Å²) in [6.45, 7) is 6.84. The monoisotopic (exact) mass is 356 g/mol. The van der Waals surface area contributed by atoms with Crippen molar-refractivity contribution in [3.05, 3.63) is 64.5 Å². The molecule has 3 aromatic rings. The molecule has 0 radical (unpaired) electrons. The average Bonchev–Trinajstić information content (AvgIpc) is 2.78. The second-order valence-corrected chi connectivity index (χ2v) is 7.83. The molecule has 3 rings (SSSR count). The van der Waals surface area contributed by atoms with E-state index in [2.05, 4.69) is 95.9 Å². The van der Waals surface area contributed by atoms with Crippen LogP contribution in [0.1, 0.15) is 37.9 Å². The molecule has 0 spiro atoms. The number of para-hydroxylation sites is 1. The Balaban J connectivity index is 2.23. The maximum absolute atomic E-state index is 4.68. The zero-order valence-corrected chi connectivity index (χ0v) is 15.1. The van der Waals surface area contributed by atoms with Gasteiger partial charge in [-0.25, -0.2) is 0 Å². The van der Waals surface area contributed by atoms with Gasteiger partial charge in [0.25, 0.3) is 0 Å². The number of aryl methyl sites for hydroxylation is 1. The first-order valence-corrected chi connectivity index (χ1v) is 8.32. The standard InChI is InChI=1S/C19H21BrN2/c1-19(2,3)18(16-10-9-13(20)11-21-16)15-12-22(4)17-8-6-5-7-14(15)17/h5-12,18H,1-4H3. The van der Waals surface area contributed by atoms with Crippen LogP contribution in [0.3, 0.4) is 0 Å². The number of rotatable bonds is 2. The molecule has 2 heterocycles. The zero-order chi connectivity index (χ0) is 15.9. The van der Waals surface area contributed by atoms with Gasteiger partial charge in [-0.1, -0.05) is 39.0 Å². The zero-order valence-electron chi connectivity index (χ0n) is 13.5. The van der Waals surface area contributed by atoms with Crippen LogP contribution in [0.4, 0.5) is 0 Å². The summed E-state index contributed by atoms with van der Waals surface area (Å²) in [6.07, 6.45) is 4.14. The number of halogens is 1. The quantitative estimate of drug-likeness (QED) is 0.591. The van der Waals surface area contributed by atoms with Gasteiger partial charge in [0, 0.05) is 46.4 Å². The Morgan fingerprint density at radius 2 is 1.82 bits per heavy atom. The molecule has 0 aliphatic heterocycles. The molecule has 1 aromatic carbocycles. The van der Waals surface area contributed by atoms with Crippen LogP contribution in [0.25, 0.3) is 10.9 Å². The first-order chi connectivity index (χ1) is 10.4. The van der Waals surface area contributed by atoms with Crippen molar-refractivity contribution < 1.29 is 0 Å². The third kappa shape index (κ3) is 2.70. The maximum Gasteiger partial charge on any atom is 0.0485 e. The van der Waals surface area contributed by atoms with Crippen LogP contribution in [-0.4, -0.2) is 9.55 Å². The number of fused-ring (bicyclic) bond motifs is 1. The van der Waals surface area contributed by atoms with E-state index in [1.807, 2.05) is 6.20 Å². The van der Waals surface area contributed by atoms with E-state index in [1.54, 1.807) is 0 Å². The Morgan fingerprint density at radius 3 is 2.45 bits per heavy atom. The molecule has 1 atom stereocenters. The molecule has 0 fully saturated rings. The smallest absolute Gasteiger partial charge is 0.0485 e. The van der Waals surface area contributed by atoms with Crippen LogP contribution >= 0.6 is 15.9 Å². The van der Waals surface area contributed by atoms with Gasteiger partial charge >= 0.3 is 0 Å². The summed E-state index contributed by atoms with van der Waals surface area (Å²) in [5.41, 5.74) is 3.82. The fourth-order valence-electron chi connectivity index (χ4n) is 3.23. The van der Waals surface area contributed by atoms with Crippen molar-refractivity contribution >= 4 is 26.8 Å². The molecule has 0 N–H and O–H groups in total. The minimum absolute atomic E-state index is 0.0882. The lowest BCUT2D eigenvalue weighted by molar-refractivity contribution is 0.354. The van der Waals surface area contributed by atoms with Gasteiger partial charge in [0.15, 0.2) is 0 Å². The second-order valence-electron chi connectivity index (χ2n) is 6.91. The van der Waals surface area contributed by atoms with Crippen LogP contribution in [0, 0.1) is 5.41 Å². The summed E-state index contributed by atoms with van der Waals surface area (Å²) in [5.74, 6) is 0.256. The largest absolute Gasteiger partial charge is 0.350 e. The van der Waals surface area contributed by atoms with Gasteiger partial charge in [-0.3, -0.25) is 4.98 Å². The Morgan fingerprint density at radius 1 is 1.09 bits per heavy atom. The van der Waals surface area contributed by atoms with E-state index < -0.39 is 0 Å². The normalized spacial score (nSPS) is 13.5. The lowest BCUT2D eigenvalue weighted by atomic mass is 9.74. The molecule has 114 valence electrons. The molecular weight excluding hydrogens is 336 g/mol. The van der Waals surface area contributed by atoms with Crippen molar-refractivity contribution in [2.45, 2.75) is 26.7 Å². The van der Waals surface area contributed by atoms with Crippen LogP contribution < -0.4 is 0 Å². The Labute approximate surface area is 140 Å². The molecule has 0 aliphatic carbocycles. The van der Waals surface area contributed by atoms with Gasteiger partial charge in [-0.05, 0) is 45.1 Å². The average molecular weight is 357 g/mol. The SMILES string of the molecule is Cn1cc(C(c2ccc(Br)cn2)C(C)(C)C)c2ccccc21. The van der Waals surface area contributed by atoms with Crippen LogP contribution in [-0.2, 0) is 7.05 Å². The molecular formula is C19H21BrN2. The van der Waals surface area contributed by atoms with Gasteiger partial charge < -0.3 is 4.57 Å². The van der Waals surface area contributed by atoms with Crippen molar-refractivity contribution in [2.75, 3.05) is 0 Å². The van der Waals surface area contributed by atoms with Crippen molar-refractivity contribution in [3.63, 3.8) is 0 Å². The second kappa shape index (κ2) is 5.54. The Bertz CT molecular complexity index is 794. The Kier molecular flexibility index (Phi) is 3.85. The van der Waals surface area contributed by atoms with Gasteiger partial charge in [0.2, 0.25) is 0 Å². The summed E-state index contributed by atoms with van der Waals surface area (Å²) in [7, 11) is 2.11. The van der Waals surface area contributed by atoms with Crippen LogP contribution in [0.5, 0.6) is 0 Å². The van der Waals surface area contributed by atoms with Crippen molar-refractivity contribution in [1.82, 2.24) is 9.55 Å². The van der Waals surface area contributed by atoms with E-state index in [9.17, 15) is 0 Å². The van der Waals surface area contributed by atoms with Crippen LogP contribution in [0.2, 0.25) is 0 Å². The minimum atomic E-state index is 0.0882. The van der Waals surface area contributed by atoms with Gasteiger partial charge in [-0.2, -0.15) is 0 Å². The fraction of sp³-hybridized carbons (Fsp3) is 0.316. The summed E-state index contributed by atoms with van der Waals surface area (Å²) in [4.78, 5) is 4.68. The van der Waals surface area contributed by atoms with E-state index >= 15 is 0 Å². The number of nitrogens with zero attached hydrogens (tertiary/aromatic N) is 2. The molecule has 0 aliphatic rings. The van der Waals surface area contributed by atoms with Crippen molar-refractivity contribution in [2.24, 2.45) is 12.5 Å². The van der Waals surface area contributed by atoms with Crippen LogP contribution in [0.15, 0.2) is 53.3 Å². The molecule has 0 amide bonds. The van der Waals surface area contributed by atoms with E-state index in [1.165, 1.54) is 16.5 Å². The number of pyridine rings is 1. The summed E-state index contributed by atoms with van der Waals surface area (Å²) < 4.78 is 3.23. The Hall–Kier alpha value is -1.61. The minimum Gasteiger partial charge on any atom is -0.350 e. The summed E-state index contributed by atoms with van der Waals surface area (Å²) in [6, 6.07) is 12.8. The number of benzene rings is 1. The van der Waals surface area contributed by atoms with Crippen molar-refractivity contribution in [3.8, 4) is 0 Å². The highest BCUT2D eigenvalue weighted by molar-refractivity contribution is 9.10. The highest BCUT2D eigenvalue weighted by atomic mass is 79.9. The predicted octanol–water partition coefficient (Wildman–Crippen LogP) is 5.51. The summed E-state index contributed by atoms with van der Waals surface area (Å²) in [5, 5.41) is 1.31. The van der Waals surface area contributed by atoms with E-state index in [0.29, 0.717) is 0 Å². The number of hydrogen-bond donors (Lipinski definition) is 0. The van der Waals surface area contributed by atoms with Crippen molar-refractivity contribution in [1.29, 1.82) is 0 Å². The molecule has 2 aromatic heterocycles. The summed E-state index contributed by atoms with van der Waals surface area (Å²) >= 11 is 3.48. The molecule has 22 heavy (non-hydrogen) atoms. The maximum atomic E-state index is 4.68.